The maximum atomic E-state index is 10.2. The van der Waals surface area contributed by atoms with Crippen molar-refractivity contribution in [1.82, 2.24) is 0 Å². The molecule has 2 rings (SSSR count). The van der Waals surface area contributed by atoms with Gasteiger partial charge in [0.05, 0.1) is 12.7 Å². The molecule has 0 bridgehead atoms. The number of fused-ring (bicyclic) bond motifs is 1. The maximum absolute atomic E-state index is 10.2. The van der Waals surface area contributed by atoms with E-state index in [4.69, 9.17) is 9.47 Å². The predicted molar refractivity (Wildman–Crippen MR) is 69.2 cm³/mol. The second-order valence-corrected chi connectivity index (χ2v) is 5.39. The van der Waals surface area contributed by atoms with Crippen LogP contribution < -0.4 is 4.74 Å². The Bertz CT molecular complexity index is 408. The van der Waals surface area contributed by atoms with Crippen LogP contribution in [-0.4, -0.2) is 24.4 Å². The van der Waals surface area contributed by atoms with Crippen molar-refractivity contribution in [1.29, 1.82) is 0 Å². The Hall–Kier alpha value is -0.580. The van der Waals surface area contributed by atoms with E-state index in [2.05, 4.69) is 22.9 Å². The molecule has 0 aliphatic carbocycles. The summed E-state index contributed by atoms with van der Waals surface area (Å²) in [6.07, 6.45) is 0.889. The van der Waals surface area contributed by atoms with Crippen LogP contribution in [-0.2, 0) is 4.74 Å². The summed E-state index contributed by atoms with van der Waals surface area (Å²) in [7, 11) is 1.66. The van der Waals surface area contributed by atoms with Gasteiger partial charge in [0.25, 0.3) is 0 Å². The van der Waals surface area contributed by atoms with Crippen LogP contribution in [0, 0.1) is 0 Å². The van der Waals surface area contributed by atoms with Crippen LogP contribution in [0.25, 0.3) is 0 Å². The van der Waals surface area contributed by atoms with E-state index < -0.39 is 11.7 Å². The molecular weight excluding hydrogens is 284 g/mol. The van der Waals surface area contributed by atoms with Crippen molar-refractivity contribution in [3.05, 3.63) is 28.2 Å². The molecular formula is C13H17BrO3. The molecule has 3 nitrogen and oxygen atoms in total. The molecule has 2 atom stereocenters. The third-order valence-corrected chi connectivity index (χ3v) is 3.77. The number of hydrogen-bond acceptors (Lipinski definition) is 3. The lowest BCUT2D eigenvalue weighted by atomic mass is 9.87. The zero-order chi connectivity index (χ0) is 12.5. The highest BCUT2D eigenvalue weighted by Gasteiger charge is 2.39. The van der Waals surface area contributed by atoms with Gasteiger partial charge in [-0.3, -0.25) is 0 Å². The molecule has 1 heterocycles. The average molecular weight is 301 g/mol. The van der Waals surface area contributed by atoms with Gasteiger partial charge in [-0.25, -0.2) is 0 Å². The van der Waals surface area contributed by atoms with Crippen molar-refractivity contribution in [2.75, 3.05) is 13.7 Å². The molecule has 4 heteroatoms. The summed E-state index contributed by atoms with van der Waals surface area (Å²) in [6, 6.07) is 5.72. The SMILES string of the molecule is CCC1(COC)C[C@@H](O)c2cc(Br)ccc2O1. The largest absolute Gasteiger partial charge is 0.484 e. The first-order valence-electron chi connectivity index (χ1n) is 5.76. The third-order valence-electron chi connectivity index (χ3n) is 3.27. The fourth-order valence-corrected chi connectivity index (χ4v) is 2.66. The van der Waals surface area contributed by atoms with E-state index in [1.165, 1.54) is 0 Å². The molecule has 0 fully saturated rings. The van der Waals surface area contributed by atoms with Crippen molar-refractivity contribution in [3.8, 4) is 5.75 Å². The van der Waals surface area contributed by atoms with Crippen molar-refractivity contribution < 1.29 is 14.6 Å². The molecule has 94 valence electrons. The lowest BCUT2D eigenvalue weighted by molar-refractivity contribution is -0.0626. The second kappa shape index (κ2) is 4.96. The van der Waals surface area contributed by atoms with Gasteiger partial charge in [0.2, 0.25) is 0 Å². The Balaban J connectivity index is 2.35. The Morgan fingerprint density at radius 2 is 2.35 bits per heavy atom. The minimum atomic E-state index is -0.494. The Labute approximate surface area is 110 Å². The van der Waals surface area contributed by atoms with Gasteiger partial charge in [-0.2, -0.15) is 0 Å². The first-order chi connectivity index (χ1) is 8.10. The number of benzene rings is 1. The molecule has 0 aromatic heterocycles. The standard InChI is InChI=1S/C13H17BrO3/c1-3-13(8-16-2)7-11(15)10-6-9(14)4-5-12(10)17-13/h4-6,11,15H,3,7-8H2,1-2H3/t11-,13?/m1/s1. The van der Waals surface area contributed by atoms with Gasteiger partial charge in [0.1, 0.15) is 11.4 Å². The molecule has 1 aliphatic rings. The highest BCUT2D eigenvalue weighted by molar-refractivity contribution is 9.10. The molecule has 17 heavy (non-hydrogen) atoms. The highest BCUT2D eigenvalue weighted by atomic mass is 79.9. The molecule has 0 saturated carbocycles. The van der Waals surface area contributed by atoms with Crippen LogP contribution in [0.5, 0.6) is 5.75 Å². The van der Waals surface area contributed by atoms with E-state index in [0.717, 1.165) is 22.2 Å². The number of rotatable bonds is 3. The minimum absolute atomic E-state index is 0.408. The van der Waals surface area contributed by atoms with Crippen LogP contribution in [0.1, 0.15) is 31.4 Å². The molecule has 0 radical (unpaired) electrons. The van der Waals surface area contributed by atoms with E-state index in [1.54, 1.807) is 7.11 Å². The summed E-state index contributed by atoms with van der Waals surface area (Å²) in [5.41, 5.74) is 0.439. The predicted octanol–water partition coefficient (Wildman–Crippen LogP) is 3.06. The zero-order valence-corrected chi connectivity index (χ0v) is 11.7. The topological polar surface area (TPSA) is 38.7 Å². The van der Waals surface area contributed by atoms with Crippen molar-refractivity contribution in [2.24, 2.45) is 0 Å². The van der Waals surface area contributed by atoms with Crippen LogP contribution >= 0.6 is 15.9 Å². The summed E-state index contributed by atoms with van der Waals surface area (Å²) in [5, 5.41) is 10.2. The van der Waals surface area contributed by atoms with Crippen molar-refractivity contribution >= 4 is 15.9 Å². The molecule has 0 saturated heterocycles. The molecule has 1 aliphatic heterocycles. The lowest BCUT2D eigenvalue weighted by Crippen LogP contribution is -2.44. The van der Waals surface area contributed by atoms with Crippen LogP contribution in [0.3, 0.4) is 0 Å². The van der Waals surface area contributed by atoms with Crippen LogP contribution in [0.2, 0.25) is 0 Å². The Morgan fingerprint density at radius 3 is 3.00 bits per heavy atom. The Morgan fingerprint density at radius 1 is 1.59 bits per heavy atom. The smallest absolute Gasteiger partial charge is 0.135 e. The Kier molecular flexibility index (Phi) is 3.76. The first kappa shape index (κ1) is 12.9. The fraction of sp³-hybridized carbons (Fsp3) is 0.538. The number of aliphatic hydroxyl groups excluding tert-OH is 1. The van der Waals surface area contributed by atoms with Crippen molar-refractivity contribution in [3.63, 3.8) is 0 Å². The normalized spacial score (nSPS) is 27.4. The van der Waals surface area contributed by atoms with E-state index in [0.29, 0.717) is 13.0 Å². The molecule has 0 spiro atoms. The van der Waals surface area contributed by atoms with Gasteiger partial charge < -0.3 is 14.6 Å². The molecule has 1 unspecified atom stereocenters. The van der Waals surface area contributed by atoms with Gasteiger partial charge >= 0.3 is 0 Å². The number of ether oxygens (including phenoxy) is 2. The van der Waals surface area contributed by atoms with Crippen LogP contribution in [0.4, 0.5) is 0 Å². The third kappa shape index (κ3) is 2.49. The quantitative estimate of drug-likeness (QED) is 0.932. The number of hydrogen-bond donors (Lipinski definition) is 1. The van der Waals surface area contributed by atoms with E-state index >= 15 is 0 Å². The average Bonchev–Trinajstić information content (AvgIpc) is 2.31. The summed E-state index contributed by atoms with van der Waals surface area (Å²) >= 11 is 3.40. The van der Waals surface area contributed by atoms with Gasteiger partial charge in [-0.05, 0) is 24.6 Å². The van der Waals surface area contributed by atoms with E-state index in [-0.39, 0.29) is 0 Å². The molecule has 1 aromatic rings. The zero-order valence-electron chi connectivity index (χ0n) is 10.1. The second-order valence-electron chi connectivity index (χ2n) is 4.47. The van der Waals surface area contributed by atoms with Crippen LogP contribution in [0.15, 0.2) is 22.7 Å². The fourth-order valence-electron chi connectivity index (χ4n) is 2.28. The molecule has 1 N–H and O–H groups in total. The monoisotopic (exact) mass is 300 g/mol. The summed E-state index contributed by atoms with van der Waals surface area (Å²) in [6.45, 7) is 2.55. The number of methoxy groups -OCH3 is 1. The van der Waals surface area contributed by atoms with Gasteiger partial charge in [0.15, 0.2) is 0 Å². The number of aliphatic hydroxyl groups is 1. The van der Waals surface area contributed by atoms with E-state index in [9.17, 15) is 5.11 Å². The van der Waals surface area contributed by atoms with E-state index in [1.807, 2.05) is 18.2 Å². The van der Waals surface area contributed by atoms with Gasteiger partial charge in [-0.1, -0.05) is 22.9 Å². The summed E-state index contributed by atoms with van der Waals surface area (Å²) < 4.78 is 12.2. The highest BCUT2D eigenvalue weighted by Crippen LogP contribution is 2.42. The first-order valence-corrected chi connectivity index (χ1v) is 6.55. The van der Waals surface area contributed by atoms with Gasteiger partial charge in [-0.15, -0.1) is 0 Å². The lowest BCUT2D eigenvalue weighted by Gasteiger charge is -2.39. The minimum Gasteiger partial charge on any atom is -0.484 e. The summed E-state index contributed by atoms with van der Waals surface area (Å²) in [4.78, 5) is 0. The summed E-state index contributed by atoms with van der Waals surface area (Å²) in [5.74, 6) is 0.755. The van der Waals surface area contributed by atoms with Crippen molar-refractivity contribution in [2.45, 2.75) is 31.5 Å². The van der Waals surface area contributed by atoms with Gasteiger partial charge in [0, 0.05) is 23.6 Å². The maximum Gasteiger partial charge on any atom is 0.135 e. The molecule has 1 aromatic carbocycles. The number of halogens is 1. The molecule has 0 amide bonds.